The van der Waals surface area contributed by atoms with Crippen LogP contribution in [0.25, 0.3) is 95.0 Å². The minimum Gasteiger partial charge on any atom is -0.508 e. The van der Waals surface area contributed by atoms with Gasteiger partial charge in [0.15, 0.2) is 40.3 Å². The van der Waals surface area contributed by atoms with Crippen LogP contribution in [0.2, 0.25) is 0 Å². The highest BCUT2D eigenvalue weighted by atomic mass is 16.5. The van der Waals surface area contributed by atoms with Gasteiger partial charge in [-0.05, 0) is 100 Å². The number of Topliss-reactive ketones (excluding diaryl/α,β-unsaturated/α-hetero) is 3. The van der Waals surface area contributed by atoms with Gasteiger partial charge in [0, 0.05) is 102 Å². The highest BCUT2D eigenvalue weighted by Gasteiger charge is 2.31. The van der Waals surface area contributed by atoms with Crippen LogP contribution in [0.3, 0.4) is 0 Å². The Morgan fingerprint density at radius 1 is 0.474 bits per heavy atom. The first-order valence-corrected chi connectivity index (χ1v) is 31.7. The summed E-state index contributed by atoms with van der Waals surface area (Å²) in [6, 6.07) is 17.4. The van der Waals surface area contributed by atoms with Crippen LogP contribution >= 0.6 is 0 Å². The summed E-state index contributed by atoms with van der Waals surface area (Å²) in [5.74, 6) is 0.0405. The summed E-state index contributed by atoms with van der Waals surface area (Å²) in [6.07, 6.45) is 20.3. The average molecular weight is 1320 g/mol. The van der Waals surface area contributed by atoms with Crippen molar-refractivity contribution in [1.29, 1.82) is 0 Å². The minimum absolute atomic E-state index is 0.0707. The maximum atomic E-state index is 12.3. The van der Waals surface area contributed by atoms with Gasteiger partial charge in [-0.1, -0.05) is 69.6 Å². The number of allylic oxidation sites excluding steroid dienone is 3. The summed E-state index contributed by atoms with van der Waals surface area (Å²) in [5.41, 5.74) is 7.92. The highest BCUT2D eigenvalue weighted by molar-refractivity contribution is 6.19. The first kappa shape index (κ1) is 67.0. The van der Waals surface area contributed by atoms with E-state index >= 15 is 0 Å². The molecule has 3 aliphatic carbocycles. The second-order valence-electron chi connectivity index (χ2n) is 24.5. The normalized spacial score (nSPS) is 13.0. The summed E-state index contributed by atoms with van der Waals surface area (Å²) in [4.78, 5) is 72.2. The summed E-state index contributed by atoms with van der Waals surface area (Å²) in [6.45, 7) is 11.4. The zero-order valence-corrected chi connectivity index (χ0v) is 54.6. The topological polar surface area (TPSA) is 337 Å². The third kappa shape index (κ3) is 13.2. The van der Waals surface area contributed by atoms with Crippen LogP contribution in [0.1, 0.15) is 171 Å². The molecule has 5 aromatic carbocycles. The predicted molar refractivity (Wildman–Crippen MR) is 367 cm³/mol. The second kappa shape index (κ2) is 27.5. The number of ether oxygens (including phenoxy) is 1. The minimum atomic E-state index is -0.852. The van der Waals surface area contributed by atoms with Crippen molar-refractivity contribution in [3.63, 3.8) is 0 Å². The summed E-state index contributed by atoms with van der Waals surface area (Å²) in [5, 5.41) is 71.5. The first-order chi connectivity index (χ1) is 46.3. The van der Waals surface area contributed by atoms with Crippen molar-refractivity contribution in [1.82, 2.24) is 4.57 Å². The van der Waals surface area contributed by atoms with E-state index < -0.39 is 23.1 Å². The maximum absolute atomic E-state index is 12.3. The van der Waals surface area contributed by atoms with E-state index in [1.807, 2.05) is 39.0 Å². The van der Waals surface area contributed by atoms with Crippen LogP contribution < -0.4 is 11.2 Å². The molecule has 21 nitrogen and oxygen atoms in total. The number of esters is 1. The molecule has 3 aliphatic rings. The summed E-state index contributed by atoms with van der Waals surface area (Å²) < 4.78 is 39.5. The highest BCUT2D eigenvalue weighted by Crippen LogP contribution is 2.43. The molecule has 0 bridgehead atoms. The van der Waals surface area contributed by atoms with Gasteiger partial charge >= 0.3 is 11.6 Å². The van der Waals surface area contributed by atoms with Gasteiger partial charge in [0.25, 0.3) is 5.56 Å². The van der Waals surface area contributed by atoms with Crippen LogP contribution in [0, 0.1) is 27.7 Å². The Balaban J connectivity index is 0.000000124. The van der Waals surface area contributed by atoms with Crippen molar-refractivity contribution < 1.29 is 86.2 Å². The van der Waals surface area contributed by atoms with Gasteiger partial charge in [-0.25, -0.2) is 9.59 Å². The largest absolute Gasteiger partial charge is 0.508 e. The fraction of sp³-hybridized carbons (Fsp3) is 0.263. The molecular formula is C76H71NO20. The van der Waals surface area contributed by atoms with Gasteiger partial charge in [-0.2, -0.15) is 0 Å². The second-order valence-corrected chi connectivity index (χ2v) is 24.5. The van der Waals surface area contributed by atoms with Gasteiger partial charge in [-0.15, -0.1) is 0 Å². The molecule has 12 aromatic rings. The number of phenols is 7. The number of fused-ring (bicyclic) bond motifs is 15. The number of phenolic OH excluding ortho intramolecular Hbond substituents is 7. The standard InChI is InChI=1S/C21H26O5.C14H13NO3.C14H10O6.C14H12O3.C13H10O3/c1-2-3-4-5-6-7-8-9-10-14-11-19-20(21(24)25-14)15-12-16(22)17(23)13-18(15)26-19;1-7-4-9-11(6-10(7)16)18-12-5-8(2)15(3)14(17)13(9)12;1-19-14(18)12-11-9(5-7(16)13(12)17)20-8-4-2-3-6(15)10(8)11;1-7-3-11(16)14-9-5-8(2)10(15)6-12(9)17-13(14)4-7;1-7-5-8-12(6-10(7)15)16-11-4-2-3-9(14)13(8)11/h11-13,22-23H,2-10H2,1H3;4-6,16H,1-3H3;2,4-5,16-17H,3H2,1H3;4-6,15H,3H2,1-2H3;2,4-6,15H,3H2,1H3. The molecule has 0 spiro atoms. The van der Waals surface area contributed by atoms with Gasteiger partial charge in [0.2, 0.25) is 0 Å². The van der Waals surface area contributed by atoms with Crippen molar-refractivity contribution in [3.05, 3.63) is 173 Å². The monoisotopic (exact) mass is 1320 g/mol. The third-order valence-electron chi connectivity index (χ3n) is 17.4. The average Bonchev–Trinajstić information content (AvgIpc) is 1.66. The Labute approximate surface area is 552 Å². The van der Waals surface area contributed by atoms with Crippen LogP contribution in [0.5, 0.6) is 40.2 Å². The molecule has 0 aliphatic heterocycles. The van der Waals surface area contributed by atoms with E-state index in [1.165, 1.54) is 50.7 Å². The number of pyridine rings is 1. The molecule has 97 heavy (non-hydrogen) atoms. The number of furan rings is 5. The number of hydrogen-bond acceptors (Lipinski definition) is 20. The molecule has 500 valence electrons. The molecule has 0 saturated heterocycles. The number of rotatable bonds is 10. The smallest absolute Gasteiger partial charge is 0.347 e. The van der Waals surface area contributed by atoms with Crippen LogP contribution in [0.4, 0.5) is 0 Å². The molecule has 0 saturated carbocycles. The lowest BCUT2D eigenvalue weighted by Crippen LogP contribution is -2.18. The maximum Gasteiger partial charge on any atom is 0.347 e. The van der Waals surface area contributed by atoms with E-state index in [9.17, 15) is 64.5 Å². The lowest BCUT2D eigenvalue weighted by Gasteiger charge is -2.08. The summed E-state index contributed by atoms with van der Waals surface area (Å²) in [7, 11) is 2.88. The molecule has 7 heterocycles. The van der Waals surface area contributed by atoms with E-state index in [1.54, 1.807) is 86.2 Å². The molecule has 7 N–H and O–H groups in total. The Kier molecular flexibility index (Phi) is 19.0. The lowest BCUT2D eigenvalue weighted by atomic mass is 9.94. The van der Waals surface area contributed by atoms with Crippen LogP contribution in [-0.4, -0.2) is 70.7 Å². The Morgan fingerprint density at radius 3 is 1.54 bits per heavy atom. The number of aromatic nitrogens is 1. The van der Waals surface area contributed by atoms with E-state index in [0.29, 0.717) is 103 Å². The van der Waals surface area contributed by atoms with Gasteiger partial charge in [0.1, 0.15) is 90.3 Å². The molecule has 15 rings (SSSR count). The third-order valence-corrected chi connectivity index (χ3v) is 17.4. The zero-order valence-electron chi connectivity index (χ0n) is 54.6. The molecule has 0 atom stereocenters. The zero-order chi connectivity index (χ0) is 69.4. The number of aromatic hydroxyl groups is 7. The fourth-order valence-corrected chi connectivity index (χ4v) is 12.2. The molecule has 21 heteroatoms. The first-order valence-electron chi connectivity index (χ1n) is 31.7. The SMILES string of the molecule is CC1=Cc2oc3cc(O)c(C)cc3c2C(=O)C1.CCCCCCCCCCc1cc2oc3cc(O)c(O)cc3c2c(=O)o1.COC(=O)c1c(O)c(O)cc2oc3c(c12)C(=O)CC=C3.Cc1cc2c(cc1O)oc1cc(C)n(C)c(=O)c12.Cc1cc2c3c(oc2cc1O)C=CCC3=O. The lowest BCUT2D eigenvalue weighted by molar-refractivity contribution is 0.0598. The fourth-order valence-electron chi connectivity index (χ4n) is 12.2. The Morgan fingerprint density at radius 2 is 0.938 bits per heavy atom. The quantitative estimate of drug-likeness (QED) is 0.0380. The number of benzene rings is 5. The number of nitrogens with zero attached hydrogens (tertiary/aromatic N) is 1. The summed E-state index contributed by atoms with van der Waals surface area (Å²) >= 11 is 0. The Bertz CT molecular complexity index is 5410. The number of unbranched alkanes of at least 4 members (excludes halogenated alkanes) is 7. The Hall–Kier alpha value is -11.5. The van der Waals surface area contributed by atoms with E-state index in [2.05, 4.69) is 11.7 Å². The molecule has 0 fully saturated rings. The van der Waals surface area contributed by atoms with Crippen molar-refractivity contribution >= 4 is 118 Å². The van der Waals surface area contributed by atoms with E-state index in [4.69, 9.17) is 26.5 Å². The number of aryl methyl sites for hydroxylation is 5. The van der Waals surface area contributed by atoms with Gasteiger partial charge < -0.3 is 71.6 Å². The predicted octanol–water partition coefficient (Wildman–Crippen LogP) is 17.0. The van der Waals surface area contributed by atoms with Gasteiger partial charge in [-0.3, -0.25) is 19.2 Å². The molecule has 0 amide bonds. The van der Waals surface area contributed by atoms with Crippen molar-refractivity contribution in [2.24, 2.45) is 7.05 Å². The van der Waals surface area contributed by atoms with Gasteiger partial charge in [0.05, 0.1) is 34.6 Å². The van der Waals surface area contributed by atoms with Crippen molar-refractivity contribution in [2.45, 2.75) is 119 Å². The number of carbonyl (C=O) groups is 4. The van der Waals surface area contributed by atoms with E-state index in [-0.39, 0.29) is 80.2 Å². The van der Waals surface area contributed by atoms with Crippen molar-refractivity contribution in [3.8, 4) is 40.2 Å². The number of hydrogen-bond donors (Lipinski definition) is 7. The molecule has 7 aromatic heterocycles. The molecule has 0 unspecified atom stereocenters. The number of carbonyl (C=O) groups excluding carboxylic acids is 4. The van der Waals surface area contributed by atoms with E-state index in [0.717, 1.165) is 70.1 Å². The number of ketones is 3. The van der Waals surface area contributed by atoms with Crippen molar-refractivity contribution in [2.75, 3.05) is 7.11 Å². The van der Waals surface area contributed by atoms with Crippen LogP contribution in [-0.2, 0) is 18.2 Å². The molecular weight excluding hydrogens is 1250 g/mol. The number of methoxy groups -OCH3 is 1. The van der Waals surface area contributed by atoms with Crippen LogP contribution in [0.15, 0.2) is 121 Å². The molecule has 0 radical (unpaired) electrons.